The van der Waals surface area contributed by atoms with E-state index in [0.29, 0.717) is 41.3 Å². The number of furan rings is 1. The predicted octanol–water partition coefficient (Wildman–Crippen LogP) is 5.71. The van der Waals surface area contributed by atoms with E-state index in [1.165, 1.54) is 13.4 Å². The number of carbonyl (C=O) groups excluding carboxylic acids is 2. The summed E-state index contributed by atoms with van der Waals surface area (Å²) in [5.41, 5.74) is 4.64. The molecule has 0 saturated carbocycles. The van der Waals surface area contributed by atoms with Crippen LogP contribution in [0.2, 0.25) is 0 Å². The summed E-state index contributed by atoms with van der Waals surface area (Å²) in [5, 5.41) is 14.4. The third-order valence-electron chi connectivity index (χ3n) is 6.60. The Bertz CT molecular complexity index is 1590. The molecule has 3 aromatic heterocycles. The van der Waals surface area contributed by atoms with Gasteiger partial charge in [-0.2, -0.15) is 5.26 Å². The van der Waals surface area contributed by atoms with Crippen LogP contribution in [0.15, 0.2) is 58.7 Å². The first kappa shape index (κ1) is 28.7. The number of morpholine rings is 1. The Balaban J connectivity index is 1.51. The van der Waals surface area contributed by atoms with Gasteiger partial charge in [0, 0.05) is 46.4 Å². The van der Waals surface area contributed by atoms with Crippen molar-refractivity contribution in [2.24, 2.45) is 0 Å². The monoisotopic (exact) mass is 588 g/mol. The lowest BCUT2D eigenvalue weighted by Crippen LogP contribution is -2.36. The summed E-state index contributed by atoms with van der Waals surface area (Å²) in [6.45, 7) is 4.70. The average molecular weight is 589 g/mol. The number of hydrogen-bond donors (Lipinski definition) is 1. The predicted molar refractivity (Wildman–Crippen MR) is 156 cm³/mol. The van der Waals surface area contributed by atoms with Gasteiger partial charge in [0.05, 0.1) is 50.8 Å². The van der Waals surface area contributed by atoms with Crippen molar-refractivity contribution in [3.05, 3.63) is 70.3 Å². The maximum absolute atomic E-state index is 12.5. The summed E-state index contributed by atoms with van der Waals surface area (Å²) in [7, 11) is 1.27. The van der Waals surface area contributed by atoms with Gasteiger partial charge >= 0.3 is 12.1 Å². The number of thiophene rings is 1. The molecule has 0 unspecified atom stereocenters. The summed E-state index contributed by atoms with van der Waals surface area (Å²) in [6.07, 6.45) is 2.39. The summed E-state index contributed by atoms with van der Waals surface area (Å²) >= 11 is 1.09. The minimum atomic E-state index is -0.673. The fourth-order valence-corrected chi connectivity index (χ4v) is 5.43. The van der Waals surface area contributed by atoms with Crippen LogP contribution in [-0.2, 0) is 20.8 Å². The van der Waals surface area contributed by atoms with Crippen molar-refractivity contribution in [3.63, 3.8) is 0 Å². The highest BCUT2D eigenvalue weighted by atomic mass is 32.1. The van der Waals surface area contributed by atoms with Crippen LogP contribution >= 0.6 is 11.3 Å². The summed E-state index contributed by atoms with van der Waals surface area (Å²) < 4.78 is 26.8. The number of benzene rings is 1. The van der Waals surface area contributed by atoms with Gasteiger partial charge in [0.25, 0.3) is 0 Å². The van der Waals surface area contributed by atoms with Crippen molar-refractivity contribution >= 4 is 34.8 Å². The van der Waals surface area contributed by atoms with Gasteiger partial charge < -0.3 is 28.3 Å². The highest BCUT2D eigenvalue weighted by Crippen LogP contribution is 2.36. The second-order valence-electron chi connectivity index (χ2n) is 9.09. The van der Waals surface area contributed by atoms with E-state index in [4.69, 9.17) is 28.3 Å². The van der Waals surface area contributed by atoms with Crippen LogP contribution in [0.1, 0.15) is 27.7 Å². The van der Waals surface area contributed by atoms with Gasteiger partial charge in [0.2, 0.25) is 5.88 Å². The van der Waals surface area contributed by atoms with Crippen molar-refractivity contribution < 1.29 is 33.0 Å². The number of anilines is 2. The number of methoxy groups -OCH3 is 1. The molecule has 4 aromatic rings. The summed E-state index contributed by atoms with van der Waals surface area (Å²) in [6, 6.07) is 13.8. The maximum atomic E-state index is 12.5. The van der Waals surface area contributed by atoms with Gasteiger partial charge in [-0.1, -0.05) is 12.1 Å². The Morgan fingerprint density at radius 1 is 1.17 bits per heavy atom. The van der Waals surface area contributed by atoms with E-state index >= 15 is 0 Å². The van der Waals surface area contributed by atoms with E-state index in [0.717, 1.165) is 35.7 Å². The number of aromatic nitrogens is 1. The minimum absolute atomic E-state index is 0.0626. The molecule has 1 N–H and O–H groups in total. The van der Waals surface area contributed by atoms with Gasteiger partial charge in [-0.15, -0.1) is 11.3 Å². The second kappa shape index (κ2) is 13.2. The highest BCUT2D eigenvalue weighted by Gasteiger charge is 2.23. The molecule has 1 aliphatic rings. The van der Waals surface area contributed by atoms with Gasteiger partial charge in [0.1, 0.15) is 23.1 Å². The fraction of sp³-hybridized carbons (Fsp3) is 0.267. The molecule has 0 aliphatic carbocycles. The van der Waals surface area contributed by atoms with Crippen LogP contribution < -0.4 is 15.0 Å². The summed E-state index contributed by atoms with van der Waals surface area (Å²) in [5.74, 6) is -0.523. The largest absolute Gasteiger partial charge is 0.472 e. The number of esters is 1. The first-order valence-corrected chi connectivity index (χ1v) is 14.1. The highest BCUT2D eigenvalue weighted by molar-refractivity contribution is 7.12. The lowest BCUT2D eigenvalue weighted by atomic mass is 10.0. The molecule has 0 spiro atoms. The van der Waals surface area contributed by atoms with Gasteiger partial charge in [0.15, 0.2) is 0 Å². The molecular weight excluding hydrogens is 560 g/mol. The molecule has 42 heavy (non-hydrogen) atoms. The molecule has 11 nitrogen and oxygen atoms in total. The third kappa shape index (κ3) is 6.22. The standard InChI is InChI=1S/C30H28N4O7S/c1-3-40-30(36)33-26-18-42-27(29(35)37-2)24(26)17-41-28-23(15-31)22(20-8-11-39-16-20)14-25(32-28)19-4-6-21(7-5-19)34-9-12-38-13-10-34/h4-8,11,14,16,18H,3,9-10,12-13,17H2,1-2H3,(H,33,36). The second-order valence-corrected chi connectivity index (χ2v) is 9.97. The Morgan fingerprint density at radius 2 is 1.95 bits per heavy atom. The molecule has 0 atom stereocenters. The van der Waals surface area contributed by atoms with E-state index in [-0.39, 0.29) is 29.5 Å². The van der Waals surface area contributed by atoms with Crippen LogP contribution in [-0.4, -0.2) is 57.1 Å². The normalized spacial score (nSPS) is 12.8. The van der Waals surface area contributed by atoms with Crippen molar-refractivity contribution in [1.82, 2.24) is 4.98 Å². The van der Waals surface area contributed by atoms with Crippen LogP contribution in [0.5, 0.6) is 5.88 Å². The molecular formula is C30H28N4O7S. The molecule has 5 rings (SSSR count). The van der Waals surface area contributed by atoms with Crippen LogP contribution in [0.25, 0.3) is 22.4 Å². The average Bonchev–Trinajstić information content (AvgIpc) is 3.70. The molecule has 0 bridgehead atoms. The van der Waals surface area contributed by atoms with Crippen LogP contribution in [0.4, 0.5) is 16.2 Å². The fourth-order valence-electron chi connectivity index (χ4n) is 4.50. The lowest BCUT2D eigenvalue weighted by Gasteiger charge is -2.28. The zero-order valence-corrected chi connectivity index (χ0v) is 23.9. The maximum Gasteiger partial charge on any atom is 0.411 e. The minimum Gasteiger partial charge on any atom is -0.472 e. The summed E-state index contributed by atoms with van der Waals surface area (Å²) in [4.78, 5) is 31.8. The molecule has 1 fully saturated rings. The topological polar surface area (TPSA) is 136 Å². The first-order valence-electron chi connectivity index (χ1n) is 13.2. The van der Waals surface area contributed by atoms with E-state index in [1.807, 2.05) is 30.3 Å². The quantitative estimate of drug-likeness (QED) is 0.242. The molecule has 4 heterocycles. The molecule has 1 saturated heterocycles. The Kier molecular flexibility index (Phi) is 9.01. The number of ether oxygens (including phenoxy) is 4. The number of pyridine rings is 1. The smallest absolute Gasteiger partial charge is 0.411 e. The molecule has 1 aromatic carbocycles. The van der Waals surface area contributed by atoms with E-state index in [9.17, 15) is 14.9 Å². The number of nitrogens with zero attached hydrogens (tertiary/aromatic N) is 3. The zero-order chi connectivity index (χ0) is 29.5. The van der Waals surface area contributed by atoms with Gasteiger partial charge in [-0.25, -0.2) is 14.6 Å². The van der Waals surface area contributed by atoms with Crippen LogP contribution in [0, 0.1) is 11.3 Å². The SMILES string of the molecule is CCOC(=O)Nc1csc(C(=O)OC)c1COc1nc(-c2ccc(N3CCOCC3)cc2)cc(-c2ccoc2)c1C#N. The Labute approximate surface area is 246 Å². The van der Waals surface area contributed by atoms with Crippen molar-refractivity contribution in [3.8, 4) is 34.3 Å². The van der Waals surface area contributed by atoms with Gasteiger partial charge in [-0.3, -0.25) is 5.32 Å². The number of carbonyl (C=O) groups is 2. The Morgan fingerprint density at radius 3 is 2.62 bits per heavy atom. The first-order chi connectivity index (χ1) is 20.5. The molecule has 12 heteroatoms. The number of amides is 1. The molecule has 216 valence electrons. The van der Waals surface area contributed by atoms with Crippen molar-refractivity contribution in [2.75, 3.05) is 50.2 Å². The molecule has 1 aliphatic heterocycles. The van der Waals surface area contributed by atoms with E-state index in [2.05, 4.69) is 16.3 Å². The van der Waals surface area contributed by atoms with E-state index < -0.39 is 12.1 Å². The Hall–Kier alpha value is -4.86. The number of rotatable bonds is 9. The number of nitriles is 1. The van der Waals surface area contributed by atoms with Crippen molar-refractivity contribution in [2.45, 2.75) is 13.5 Å². The lowest BCUT2D eigenvalue weighted by molar-refractivity contribution is 0.0603. The third-order valence-corrected chi connectivity index (χ3v) is 7.60. The van der Waals surface area contributed by atoms with Crippen LogP contribution in [0.3, 0.4) is 0 Å². The van der Waals surface area contributed by atoms with E-state index in [1.54, 1.807) is 24.6 Å². The number of hydrogen-bond acceptors (Lipinski definition) is 11. The van der Waals surface area contributed by atoms with Crippen molar-refractivity contribution in [1.29, 1.82) is 5.26 Å². The van der Waals surface area contributed by atoms with Gasteiger partial charge in [-0.05, 0) is 31.2 Å². The zero-order valence-electron chi connectivity index (χ0n) is 23.0. The molecule has 0 radical (unpaired) electrons. The number of nitrogens with one attached hydrogen (secondary N) is 1. The molecule has 1 amide bonds.